The molecule has 0 aliphatic carbocycles. The summed E-state index contributed by atoms with van der Waals surface area (Å²) < 4.78 is 1.86. The lowest BCUT2D eigenvalue weighted by Crippen LogP contribution is -2.52. The average Bonchev–Trinajstić information content (AvgIpc) is 3.15. The van der Waals surface area contributed by atoms with E-state index in [0.717, 1.165) is 22.6 Å². The van der Waals surface area contributed by atoms with Crippen molar-refractivity contribution in [2.24, 2.45) is 12.8 Å². The summed E-state index contributed by atoms with van der Waals surface area (Å²) in [5, 5.41) is 2.32. The van der Waals surface area contributed by atoms with Crippen LogP contribution in [0.3, 0.4) is 0 Å². The molecule has 1 unspecified atom stereocenters. The Morgan fingerprint density at radius 1 is 1.27 bits per heavy atom. The molecule has 3 heterocycles. The summed E-state index contributed by atoms with van der Waals surface area (Å²) in [4.78, 5) is 42.5. The highest BCUT2D eigenvalue weighted by molar-refractivity contribution is 6.06. The molecule has 4 rings (SSSR count). The molecule has 1 fully saturated rings. The molecule has 2 aromatic rings. The summed E-state index contributed by atoms with van der Waals surface area (Å²) in [5.74, 6) is -0.138. The third kappa shape index (κ3) is 2.50. The number of nitrogens with zero attached hydrogens (tertiary/aromatic N) is 3. The van der Waals surface area contributed by atoms with E-state index in [1.165, 1.54) is 0 Å². The van der Waals surface area contributed by atoms with Crippen molar-refractivity contribution >= 4 is 17.7 Å². The van der Waals surface area contributed by atoms with Crippen LogP contribution >= 0.6 is 0 Å². The van der Waals surface area contributed by atoms with Crippen LogP contribution in [0.4, 0.5) is 0 Å². The van der Waals surface area contributed by atoms with Gasteiger partial charge in [-0.05, 0) is 18.1 Å². The molecule has 0 radical (unpaired) electrons. The Morgan fingerprint density at radius 2 is 2.04 bits per heavy atom. The van der Waals surface area contributed by atoms with Gasteiger partial charge in [-0.1, -0.05) is 12.1 Å². The van der Waals surface area contributed by atoms with Gasteiger partial charge in [-0.25, -0.2) is 4.98 Å². The zero-order valence-corrected chi connectivity index (χ0v) is 14.4. The Bertz CT molecular complexity index is 933. The number of fused-ring (bicyclic) bond motifs is 1. The van der Waals surface area contributed by atoms with Crippen LogP contribution in [-0.4, -0.2) is 38.2 Å². The van der Waals surface area contributed by atoms with Gasteiger partial charge in [-0.3, -0.25) is 19.7 Å². The Morgan fingerprint density at radius 3 is 2.73 bits per heavy atom. The van der Waals surface area contributed by atoms with Gasteiger partial charge >= 0.3 is 0 Å². The Hall–Kier alpha value is -3.00. The number of imidazole rings is 1. The van der Waals surface area contributed by atoms with Crippen molar-refractivity contribution in [1.82, 2.24) is 19.8 Å². The predicted molar refractivity (Wildman–Crippen MR) is 92.6 cm³/mol. The van der Waals surface area contributed by atoms with E-state index in [9.17, 15) is 14.4 Å². The molecule has 3 N–H and O–H groups in total. The second-order valence-electron chi connectivity index (χ2n) is 6.59. The zero-order chi connectivity index (χ0) is 18.4. The van der Waals surface area contributed by atoms with Gasteiger partial charge in [0.25, 0.3) is 5.91 Å². The van der Waals surface area contributed by atoms with Crippen LogP contribution in [0.1, 0.15) is 34.6 Å². The number of hydrogen-bond donors (Lipinski definition) is 2. The largest absolute Gasteiger partial charge is 0.336 e. The molecule has 26 heavy (non-hydrogen) atoms. The molecule has 0 saturated carbocycles. The molecule has 0 bridgehead atoms. The molecule has 134 valence electrons. The summed E-state index contributed by atoms with van der Waals surface area (Å²) in [6, 6.07) is 4.88. The van der Waals surface area contributed by atoms with Gasteiger partial charge in [-0.2, -0.15) is 0 Å². The van der Waals surface area contributed by atoms with E-state index in [1.54, 1.807) is 11.0 Å². The topological polar surface area (TPSA) is 110 Å². The van der Waals surface area contributed by atoms with Crippen molar-refractivity contribution in [2.45, 2.75) is 32.0 Å². The van der Waals surface area contributed by atoms with E-state index < -0.39 is 11.9 Å². The number of nitrogens with two attached hydrogens (primary N) is 1. The standard InChI is InChI=1S/C18H19N5O3/c1-22-9-13(20-15(22)7-19)10-3-2-4-11-12(10)8-23(18(11)26)14-5-6-16(24)21-17(14)25/h2-4,9,14H,5-8,19H2,1H3,(H,21,24,25). The van der Waals surface area contributed by atoms with Crippen LogP contribution in [0.25, 0.3) is 11.3 Å². The summed E-state index contributed by atoms with van der Waals surface area (Å²) in [6.45, 7) is 0.651. The van der Waals surface area contributed by atoms with E-state index in [1.807, 2.05) is 29.9 Å². The molecule has 1 atom stereocenters. The highest BCUT2D eigenvalue weighted by Crippen LogP contribution is 2.34. The highest BCUT2D eigenvalue weighted by atomic mass is 16.2. The van der Waals surface area contributed by atoms with Crippen LogP contribution in [0.5, 0.6) is 0 Å². The summed E-state index contributed by atoms with van der Waals surface area (Å²) in [6.07, 6.45) is 2.47. The third-order valence-electron chi connectivity index (χ3n) is 5.01. The molecular formula is C18H19N5O3. The van der Waals surface area contributed by atoms with Crippen LogP contribution in [0, 0.1) is 0 Å². The first kappa shape index (κ1) is 16.5. The fraction of sp³-hybridized carbons (Fsp3) is 0.333. The lowest BCUT2D eigenvalue weighted by Gasteiger charge is -2.29. The number of aryl methyl sites for hydroxylation is 1. The number of benzene rings is 1. The average molecular weight is 353 g/mol. The maximum absolute atomic E-state index is 12.9. The molecule has 1 aromatic carbocycles. The second-order valence-corrected chi connectivity index (χ2v) is 6.59. The maximum Gasteiger partial charge on any atom is 0.255 e. The summed E-state index contributed by atoms with van der Waals surface area (Å²) in [5.41, 5.74) is 8.75. The number of nitrogens with one attached hydrogen (secondary N) is 1. The number of piperidine rings is 1. The molecule has 1 saturated heterocycles. The van der Waals surface area contributed by atoms with Crippen LogP contribution in [-0.2, 0) is 29.7 Å². The number of carbonyl (C=O) groups excluding carboxylic acids is 3. The number of aromatic nitrogens is 2. The second kappa shape index (κ2) is 6.06. The number of imide groups is 1. The molecule has 2 aliphatic rings. The molecule has 0 spiro atoms. The van der Waals surface area contributed by atoms with Crippen molar-refractivity contribution in [2.75, 3.05) is 0 Å². The SMILES string of the molecule is Cn1cc(-c2cccc3c2CN(C2CCC(=O)NC2=O)C3=O)nc1CN. The minimum atomic E-state index is -0.621. The van der Waals surface area contributed by atoms with Gasteiger partial charge in [0.15, 0.2) is 0 Å². The van der Waals surface area contributed by atoms with E-state index in [4.69, 9.17) is 5.73 Å². The monoisotopic (exact) mass is 353 g/mol. The van der Waals surface area contributed by atoms with Gasteiger partial charge in [0, 0.05) is 37.3 Å². The molecule has 2 aliphatic heterocycles. The van der Waals surface area contributed by atoms with Gasteiger partial charge in [0.1, 0.15) is 11.9 Å². The van der Waals surface area contributed by atoms with Crippen molar-refractivity contribution in [3.05, 3.63) is 41.3 Å². The van der Waals surface area contributed by atoms with Gasteiger partial charge in [0.05, 0.1) is 12.2 Å². The summed E-state index contributed by atoms with van der Waals surface area (Å²) >= 11 is 0. The minimum absolute atomic E-state index is 0.189. The molecule has 1 aromatic heterocycles. The Kier molecular flexibility index (Phi) is 3.84. The number of amides is 3. The van der Waals surface area contributed by atoms with E-state index in [2.05, 4.69) is 10.3 Å². The highest BCUT2D eigenvalue weighted by Gasteiger charge is 2.40. The van der Waals surface area contributed by atoms with Crippen molar-refractivity contribution in [3.63, 3.8) is 0 Å². The predicted octanol–water partition coefficient (Wildman–Crippen LogP) is 0.307. The fourth-order valence-electron chi connectivity index (χ4n) is 3.65. The van der Waals surface area contributed by atoms with Gasteiger partial charge < -0.3 is 15.2 Å². The number of rotatable bonds is 3. The van der Waals surface area contributed by atoms with Crippen molar-refractivity contribution in [1.29, 1.82) is 0 Å². The van der Waals surface area contributed by atoms with Crippen molar-refractivity contribution in [3.8, 4) is 11.3 Å². The quantitative estimate of drug-likeness (QED) is 0.772. The van der Waals surface area contributed by atoms with E-state index >= 15 is 0 Å². The summed E-state index contributed by atoms with van der Waals surface area (Å²) in [7, 11) is 1.88. The first-order valence-electron chi connectivity index (χ1n) is 8.49. The van der Waals surface area contributed by atoms with Crippen LogP contribution < -0.4 is 11.1 Å². The first-order valence-corrected chi connectivity index (χ1v) is 8.49. The van der Waals surface area contributed by atoms with E-state index in [0.29, 0.717) is 25.1 Å². The third-order valence-corrected chi connectivity index (χ3v) is 5.01. The van der Waals surface area contributed by atoms with Crippen LogP contribution in [0.2, 0.25) is 0 Å². The molecule has 8 nitrogen and oxygen atoms in total. The van der Waals surface area contributed by atoms with Gasteiger partial charge in [0.2, 0.25) is 11.8 Å². The lowest BCUT2D eigenvalue weighted by molar-refractivity contribution is -0.136. The lowest BCUT2D eigenvalue weighted by atomic mass is 10.0. The minimum Gasteiger partial charge on any atom is -0.336 e. The maximum atomic E-state index is 12.9. The molecule has 8 heteroatoms. The van der Waals surface area contributed by atoms with Gasteiger partial charge in [-0.15, -0.1) is 0 Å². The molecule has 3 amide bonds. The Balaban J connectivity index is 1.70. The fourth-order valence-corrected chi connectivity index (χ4v) is 3.65. The van der Waals surface area contributed by atoms with Crippen molar-refractivity contribution < 1.29 is 14.4 Å². The normalized spacial score (nSPS) is 19.7. The zero-order valence-electron chi connectivity index (χ0n) is 14.4. The smallest absolute Gasteiger partial charge is 0.255 e. The number of hydrogen-bond acceptors (Lipinski definition) is 5. The van der Waals surface area contributed by atoms with E-state index in [-0.39, 0.29) is 18.2 Å². The molecular weight excluding hydrogens is 334 g/mol. The first-order chi connectivity index (χ1) is 12.5. The number of carbonyl (C=O) groups is 3. The Labute approximate surface area is 150 Å². The van der Waals surface area contributed by atoms with Crippen LogP contribution in [0.15, 0.2) is 24.4 Å².